The van der Waals surface area contributed by atoms with Gasteiger partial charge in [-0.2, -0.15) is 0 Å². The van der Waals surface area contributed by atoms with Gasteiger partial charge in [0, 0.05) is 20.8 Å². The van der Waals surface area contributed by atoms with Crippen LogP contribution in [0.2, 0.25) is 5.02 Å². The molecule has 1 aromatic heterocycles. The van der Waals surface area contributed by atoms with Crippen molar-refractivity contribution < 1.29 is 4.74 Å². The SMILES string of the molecule is CCCNCc1ccc(COc2ccc(Br)cc2Cl)s1. The van der Waals surface area contributed by atoms with Crippen LogP contribution in [0.3, 0.4) is 0 Å². The van der Waals surface area contributed by atoms with E-state index in [9.17, 15) is 0 Å². The lowest BCUT2D eigenvalue weighted by molar-refractivity contribution is 0.310. The van der Waals surface area contributed by atoms with Crippen LogP contribution in [0.4, 0.5) is 0 Å². The predicted octanol–water partition coefficient (Wildman–Crippen LogP) is 5.24. The molecule has 0 saturated heterocycles. The monoisotopic (exact) mass is 373 g/mol. The van der Waals surface area contributed by atoms with Gasteiger partial charge in [-0.1, -0.05) is 34.5 Å². The zero-order valence-corrected chi connectivity index (χ0v) is 14.4. The third kappa shape index (κ3) is 4.77. The van der Waals surface area contributed by atoms with E-state index >= 15 is 0 Å². The van der Waals surface area contributed by atoms with Crippen LogP contribution < -0.4 is 10.1 Å². The second-order valence-corrected chi connectivity index (χ2v) is 6.98. The summed E-state index contributed by atoms with van der Waals surface area (Å²) in [5.74, 6) is 0.717. The van der Waals surface area contributed by atoms with Crippen LogP contribution in [0.5, 0.6) is 5.75 Å². The number of benzene rings is 1. The molecule has 2 nitrogen and oxygen atoms in total. The van der Waals surface area contributed by atoms with Gasteiger partial charge >= 0.3 is 0 Å². The van der Waals surface area contributed by atoms with Gasteiger partial charge in [-0.05, 0) is 43.3 Å². The van der Waals surface area contributed by atoms with Crippen LogP contribution in [0.25, 0.3) is 0 Å². The lowest BCUT2D eigenvalue weighted by atomic mass is 10.3. The summed E-state index contributed by atoms with van der Waals surface area (Å²) in [6.07, 6.45) is 1.16. The van der Waals surface area contributed by atoms with Crippen molar-refractivity contribution >= 4 is 38.9 Å². The second kappa shape index (κ2) is 8.03. The Kier molecular flexibility index (Phi) is 6.36. The number of ether oxygens (including phenoxy) is 1. The van der Waals surface area contributed by atoms with Gasteiger partial charge in [0.05, 0.1) is 5.02 Å². The predicted molar refractivity (Wildman–Crippen MR) is 89.8 cm³/mol. The Bertz CT molecular complexity index is 559. The molecule has 1 heterocycles. The highest BCUT2D eigenvalue weighted by atomic mass is 79.9. The maximum absolute atomic E-state index is 6.12. The molecule has 0 spiro atoms. The number of halogens is 2. The van der Waals surface area contributed by atoms with E-state index in [1.165, 1.54) is 9.75 Å². The first-order valence-electron chi connectivity index (χ1n) is 6.55. The molecule has 0 atom stereocenters. The van der Waals surface area contributed by atoms with Crippen molar-refractivity contribution in [2.75, 3.05) is 6.54 Å². The highest BCUT2D eigenvalue weighted by Crippen LogP contribution is 2.29. The molecule has 1 aromatic carbocycles. The molecule has 0 bridgehead atoms. The minimum Gasteiger partial charge on any atom is -0.487 e. The van der Waals surface area contributed by atoms with Gasteiger partial charge in [-0.25, -0.2) is 0 Å². The quantitative estimate of drug-likeness (QED) is 0.669. The molecule has 0 fully saturated rings. The Balaban J connectivity index is 1.87. The molecule has 0 radical (unpaired) electrons. The summed E-state index contributed by atoms with van der Waals surface area (Å²) in [6.45, 7) is 4.71. The van der Waals surface area contributed by atoms with Crippen molar-refractivity contribution in [3.8, 4) is 5.75 Å². The zero-order chi connectivity index (χ0) is 14.4. The number of hydrogen-bond acceptors (Lipinski definition) is 3. The fourth-order valence-corrected chi connectivity index (χ4v) is 3.35. The van der Waals surface area contributed by atoms with Gasteiger partial charge in [0.15, 0.2) is 0 Å². The molecular weight excluding hydrogens is 358 g/mol. The first-order valence-corrected chi connectivity index (χ1v) is 8.54. The molecule has 2 rings (SSSR count). The minimum absolute atomic E-state index is 0.555. The van der Waals surface area contributed by atoms with E-state index in [1.807, 2.05) is 18.2 Å². The summed E-state index contributed by atoms with van der Waals surface area (Å²) >= 11 is 11.3. The fourth-order valence-electron chi connectivity index (χ4n) is 1.72. The van der Waals surface area contributed by atoms with E-state index in [0.29, 0.717) is 17.4 Å². The summed E-state index contributed by atoms with van der Waals surface area (Å²) in [7, 11) is 0. The normalized spacial score (nSPS) is 10.8. The molecule has 1 N–H and O–H groups in total. The first-order chi connectivity index (χ1) is 9.69. The molecule has 0 aliphatic carbocycles. The van der Waals surface area contributed by atoms with Crippen LogP contribution in [-0.4, -0.2) is 6.54 Å². The van der Waals surface area contributed by atoms with E-state index in [1.54, 1.807) is 11.3 Å². The maximum atomic E-state index is 6.12. The Morgan fingerprint density at radius 1 is 1.25 bits per heavy atom. The molecule has 2 aromatic rings. The highest BCUT2D eigenvalue weighted by molar-refractivity contribution is 9.10. The molecule has 108 valence electrons. The van der Waals surface area contributed by atoms with Gasteiger partial charge in [-0.3, -0.25) is 0 Å². The lowest BCUT2D eigenvalue weighted by Gasteiger charge is -2.06. The minimum atomic E-state index is 0.555. The summed E-state index contributed by atoms with van der Waals surface area (Å²) in [4.78, 5) is 2.54. The zero-order valence-electron chi connectivity index (χ0n) is 11.3. The summed E-state index contributed by atoms with van der Waals surface area (Å²) < 4.78 is 6.71. The van der Waals surface area contributed by atoms with E-state index in [2.05, 4.69) is 40.3 Å². The van der Waals surface area contributed by atoms with Gasteiger partial charge in [0.2, 0.25) is 0 Å². The van der Waals surface area contributed by atoms with E-state index in [-0.39, 0.29) is 0 Å². The maximum Gasteiger partial charge on any atom is 0.138 e. The van der Waals surface area contributed by atoms with Crippen molar-refractivity contribution in [3.05, 3.63) is 49.6 Å². The average molecular weight is 375 g/mol. The largest absolute Gasteiger partial charge is 0.487 e. The Morgan fingerprint density at radius 2 is 2.05 bits per heavy atom. The molecule has 20 heavy (non-hydrogen) atoms. The van der Waals surface area contributed by atoms with Crippen molar-refractivity contribution in [1.82, 2.24) is 5.32 Å². The number of rotatable bonds is 7. The van der Waals surface area contributed by atoms with E-state index < -0.39 is 0 Å². The standard InChI is InChI=1S/C15H17BrClNOS/c1-2-7-18-9-12-4-5-13(20-12)10-19-15-6-3-11(16)8-14(15)17/h3-6,8,18H,2,7,9-10H2,1H3. The summed E-state index contributed by atoms with van der Waals surface area (Å²) in [6, 6.07) is 9.90. The molecule has 5 heteroatoms. The summed E-state index contributed by atoms with van der Waals surface area (Å²) in [5.41, 5.74) is 0. The lowest BCUT2D eigenvalue weighted by Crippen LogP contribution is -2.12. The van der Waals surface area contributed by atoms with Gasteiger partial charge in [0.1, 0.15) is 12.4 Å². The van der Waals surface area contributed by atoms with Crippen LogP contribution in [0, 0.1) is 0 Å². The Morgan fingerprint density at radius 3 is 2.80 bits per heavy atom. The molecule has 0 amide bonds. The number of hydrogen-bond donors (Lipinski definition) is 1. The molecule has 0 unspecified atom stereocenters. The van der Waals surface area contributed by atoms with Gasteiger partial charge in [0.25, 0.3) is 0 Å². The van der Waals surface area contributed by atoms with Crippen LogP contribution >= 0.6 is 38.9 Å². The Hall–Kier alpha value is -0.550. The third-order valence-electron chi connectivity index (χ3n) is 2.71. The van der Waals surface area contributed by atoms with Crippen molar-refractivity contribution in [2.24, 2.45) is 0 Å². The van der Waals surface area contributed by atoms with Crippen molar-refractivity contribution in [1.29, 1.82) is 0 Å². The van der Waals surface area contributed by atoms with E-state index in [0.717, 1.165) is 24.0 Å². The van der Waals surface area contributed by atoms with Crippen LogP contribution in [0.15, 0.2) is 34.8 Å². The second-order valence-electron chi connectivity index (χ2n) is 4.41. The van der Waals surface area contributed by atoms with Crippen molar-refractivity contribution in [3.63, 3.8) is 0 Å². The molecule has 0 aliphatic rings. The van der Waals surface area contributed by atoms with Crippen molar-refractivity contribution in [2.45, 2.75) is 26.5 Å². The average Bonchev–Trinajstić information content (AvgIpc) is 2.86. The van der Waals surface area contributed by atoms with Crippen LogP contribution in [0.1, 0.15) is 23.1 Å². The first kappa shape index (κ1) is 15.8. The smallest absolute Gasteiger partial charge is 0.138 e. The Labute approximate surface area is 137 Å². The van der Waals surface area contributed by atoms with Crippen LogP contribution in [-0.2, 0) is 13.2 Å². The molecule has 0 saturated carbocycles. The third-order valence-corrected chi connectivity index (χ3v) is 4.55. The molecule has 0 aliphatic heterocycles. The van der Waals surface area contributed by atoms with E-state index in [4.69, 9.17) is 16.3 Å². The summed E-state index contributed by atoms with van der Waals surface area (Å²) in [5, 5.41) is 4.02. The number of nitrogens with one attached hydrogen (secondary N) is 1. The molecular formula is C15H17BrClNOS. The van der Waals surface area contributed by atoms with Gasteiger partial charge < -0.3 is 10.1 Å². The van der Waals surface area contributed by atoms with Gasteiger partial charge in [-0.15, -0.1) is 11.3 Å². The fraction of sp³-hybridized carbons (Fsp3) is 0.333. The number of thiophene rings is 1. The highest BCUT2D eigenvalue weighted by Gasteiger charge is 2.05. The topological polar surface area (TPSA) is 21.3 Å².